The summed E-state index contributed by atoms with van der Waals surface area (Å²) >= 11 is 6.75. The third kappa shape index (κ3) is 7.68. The summed E-state index contributed by atoms with van der Waals surface area (Å²) in [6.45, 7) is 1.93. The summed E-state index contributed by atoms with van der Waals surface area (Å²) in [5.74, 6) is 0.384. The molecule has 0 heterocycles. The number of carbonyl (C=O) groups excluding carboxylic acids is 1. The van der Waals surface area contributed by atoms with Crippen LogP contribution in [0.25, 0.3) is 6.08 Å². The molecule has 0 spiro atoms. The summed E-state index contributed by atoms with van der Waals surface area (Å²) in [5.41, 5.74) is 2.55. The zero-order valence-corrected chi connectivity index (χ0v) is 14.5. The van der Waals surface area contributed by atoms with Gasteiger partial charge in [-0.2, -0.15) is 0 Å². The lowest BCUT2D eigenvalue weighted by molar-refractivity contribution is -0.118. The van der Waals surface area contributed by atoms with Crippen molar-refractivity contribution in [2.45, 2.75) is 45.4 Å². The average Bonchev–Trinajstić information content (AvgIpc) is 2.37. The van der Waals surface area contributed by atoms with Crippen molar-refractivity contribution in [1.82, 2.24) is 0 Å². The van der Waals surface area contributed by atoms with Crippen molar-refractivity contribution in [1.29, 1.82) is 0 Å². The average molecular weight is 388 g/mol. The molecule has 0 saturated heterocycles. The van der Waals surface area contributed by atoms with Gasteiger partial charge in [-0.25, -0.2) is 0 Å². The van der Waals surface area contributed by atoms with Crippen molar-refractivity contribution in [3.63, 3.8) is 0 Å². The zero-order valence-electron chi connectivity index (χ0n) is 11.3. The number of hydrogen-bond acceptors (Lipinski definition) is 1. The molecule has 0 saturated carbocycles. The van der Waals surface area contributed by atoms with Gasteiger partial charge in [0.25, 0.3) is 0 Å². The van der Waals surface area contributed by atoms with Gasteiger partial charge in [-0.05, 0) is 68.3 Å². The maximum Gasteiger partial charge on any atom is 0.132 e. The van der Waals surface area contributed by atoms with E-state index in [9.17, 15) is 4.79 Å². The lowest BCUT2D eigenvalue weighted by Gasteiger charge is -2.03. The molecule has 0 amide bonds. The number of rotatable bonds is 8. The highest BCUT2D eigenvalue weighted by Gasteiger charge is 1.99. The predicted molar refractivity (Wildman–Crippen MR) is 89.7 cm³/mol. The van der Waals surface area contributed by atoms with Crippen molar-refractivity contribution in [3.8, 4) is 0 Å². The van der Waals surface area contributed by atoms with Crippen LogP contribution in [0.2, 0.25) is 0 Å². The van der Waals surface area contributed by atoms with Crippen LogP contribution in [-0.2, 0) is 11.2 Å². The van der Waals surface area contributed by atoms with Gasteiger partial charge in [-0.15, -0.1) is 0 Å². The van der Waals surface area contributed by atoms with E-state index in [-0.39, 0.29) is 0 Å². The largest absolute Gasteiger partial charge is 0.300 e. The van der Waals surface area contributed by atoms with Crippen molar-refractivity contribution >= 4 is 43.7 Å². The third-order valence-electron chi connectivity index (χ3n) is 3.04. The zero-order chi connectivity index (χ0) is 14.1. The Morgan fingerprint density at radius 1 is 1.21 bits per heavy atom. The summed E-state index contributed by atoms with van der Waals surface area (Å²) in [4.78, 5) is 11.2. The summed E-state index contributed by atoms with van der Waals surface area (Å²) < 4.78 is 0.954. The van der Waals surface area contributed by atoms with E-state index in [2.05, 4.69) is 56.1 Å². The Morgan fingerprint density at radius 2 is 2.00 bits per heavy atom. The van der Waals surface area contributed by atoms with E-state index < -0.39 is 0 Å². The quantitative estimate of drug-likeness (QED) is 0.510. The molecule has 3 heteroatoms. The molecular weight excluding hydrogens is 368 g/mol. The van der Waals surface area contributed by atoms with E-state index in [1.54, 1.807) is 0 Å². The Hall–Kier alpha value is -0.410. The van der Waals surface area contributed by atoms with Crippen molar-refractivity contribution in [2.24, 2.45) is 0 Å². The predicted octanol–water partition coefficient (Wildman–Crippen LogP) is 5.86. The van der Waals surface area contributed by atoms with E-state index in [0.29, 0.717) is 12.2 Å². The maximum absolute atomic E-state index is 11.2. The van der Waals surface area contributed by atoms with Gasteiger partial charge in [-0.3, -0.25) is 4.79 Å². The summed E-state index contributed by atoms with van der Waals surface area (Å²) in [6.07, 6.45) is 7.86. The highest BCUT2D eigenvalue weighted by molar-refractivity contribution is 9.28. The normalized spacial score (nSPS) is 10.3. The minimum atomic E-state index is 0.384. The van der Waals surface area contributed by atoms with Crippen LogP contribution in [0.4, 0.5) is 0 Å². The van der Waals surface area contributed by atoms with Crippen LogP contribution in [0.3, 0.4) is 0 Å². The molecule has 1 rings (SSSR count). The van der Waals surface area contributed by atoms with Gasteiger partial charge in [0.2, 0.25) is 0 Å². The Morgan fingerprint density at radius 3 is 2.68 bits per heavy atom. The van der Waals surface area contributed by atoms with Gasteiger partial charge in [0.15, 0.2) is 0 Å². The molecule has 0 atom stereocenters. The molecule has 1 nitrogen and oxygen atoms in total. The summed E-state index contributed by atoms with van der Waals surface area (Å²) in [5, 5.41) is 0. The smallest absolute Gasteiger partial charge is 0.132 e. The second-order valence-corrected chi connectivity index (χ2v) is 7.40. The minimum Gasteiger partial charge on any atom is -0.300 e. The van der Waals surface area contributed by atoms with Crippen LogP contribution in [0, 0.1) is 0 Å². The number of unbranched alkanes of at least 4 members (excludes halogenated alkanes) is 2. The Labute approximate surface area is 132 Å². The molecule has 0 aliphatic carbocycles. The monoisotopic (exact) mass is 386 g/mol. The van der Waals surface area contributed by atoms with E-state index in [0.717, 1.165) is 35.5 Å². The first-order valence-corrected chi connectivity index (χ1v) is 8.33. The number of carbonyl (C=O) groups is 1. The van der Waals surface area contributed by atoms with Gasteiger partial charge in [0.05, 0.1) is 3.39 Å². The Balaban J connectivity index is 2.33. The second-order valence-electron chi connectivity index (χ2n) is 4.63. The van der Waals surface area contributed by atoms with E-state index in [4.69, 9.17) is 0 Å². The van der Waals surface area contributed by atoms with Crippen LogP contribution < -0.4 is 0 Å². The molecule has 0 aliphatic heterocycles. The molecule has 0 radical (unpaired) electrons. The van der Waals surface area contributed by atoms with Crippen LogP contribution in [0.15, 0.2) is 27.7 Å². The lowest BCUT2D eigenvalue weighted by atomic mass is 10.0. The number of halogens is 2. The van der Waals surface area contributed by atoms with E-state index in [1.165, 1.54) is 11.1 Å². The van der Waals surface area contributed by atoms with Crippen molar-refractivity contribution in [2.75, 3.05) is 0 Å². The number of benzene rings is 1. The standard InChI is InChI=1S/C16H20Br2O/c1-2-15(19)10-5-3-4-7-13-8-6-9-14(11-13)12-16(17)18/h6,8-9,11-12H,2-5,7,10H2,1H3. The summed E-state index contributed by atoms with van der Waals surface area (Å²) in [6, 6.07) is 8.55. The molecule has 0 unspecified atom stereocenters. The number of hydrogen-bond donors (Lipinski definition) is 0. The first kappa shape index (κ1) is 16.6. The number of Topliss-reactive ketones (excluding diaryl/α,β-unsaturated/α-hetero) is 1. The molecule has 19 heavy (non-hydrogen) atoms. The van der Waals surface area contributed by atoms with Crippen LogP contribution in [0.1, 0.15) is 50.2 Å². The lowest BCUT2D eigenvalue weighted by Crippen LogP contribution is -1.94. The number of aryl methyl sites for hydroxylation is 1. The fraction of sp³-hybridized carbons (Fsp3) is 0.438. The van der Waals surface area contributed by atoms with Gasteiger partial charge in [-0.1, -0.05) is 37.6 Å². The highest BCUT2D eigenvalue weighted by atomic mass is 79.9. The first-order valence-electron chi connectivity index (χ1n) is 6.75. The maximum atomic E-state index is 11.2. The minimum absolute atomic E-state index is 0.384. The SMILES string of the molecule is CCC(=O)CCCCCc1cccc(C=C(Br)Br)c1. The third-order valence-corrected chi connectivity index (χ3v) is 3.50. The van der Waals surface area contributed by atoms with Crippen molar-refractivity contribution < 1.29 is 4.79 Å². The molecule has 0 aliphatic rings. The molecular formula is C16H20Br2O. The Kier molecular flexibility index (Phi) is 8.31. The molecule has 0 fully saturated rings. The van der Waals surface area contributed by atoms with Gasteiger partial charge in [0.1, 0.15) is 5.78 Å². The van der Waals surface area contributed by atoms with Gasteiger partial charge >= 0.3 is 0 Å². The first-order chi connectivity index (χ1) is 9.11. The molecule has 1 aromatic rings. The second kappa shape index (κ2) is 9.49. The van der Waals surface area contributed by atoms with Gasteiger partial charge in [0, 0.05) is 12.8 Å². The molecule has 0 N–H and O–H groups in total. The molecule has 104 valence electrons. The van der Waals surface area contributed by atoms with Crippen LogP contribution >= 0.6 is 31.9 Å². The number of ketones is 1. The van der Waals surface area contributed by atoms with Crippen LogP contribution in [0.5, 0.6) is 0 Å². The fourth-order valence-electron chi connectivity index (χ4n) is 1.97. The topological polar surface area (TPSA) is 17.1 Å². The van der Waals surface area contributed by atoms with Gasteiger partial charge < -0.3 is 0 Å². The molecule has 0 aromatic heterocycles. The summed E-state index contributed by atoms with van der Waals surface area (Å²) in [7, 11) is 0. The molecule has 0 bridgehead atoms. The van der Waals surface area contributed by atoms with E-state index in [1.807, 2.05) is 13.0 Å². The van der Waals surface area contributed by atoms with E-state index >= 15 is 0 Å². The van der Waals surface area contributed by atoms with Crippen molar-refractivity contribution in [3.05, 3.63) is 38.8 Å². The van der Waals surface area contributed by atoms with Crippen LogP contribution in [-0.4, -0.2) is 5.78 Å². The highest BCUT2D eigenvalue weighted by Crippen LogP contribution is 2.19. The Bertz CT molecular complexity index is 434. The fourth-order valence-corrected chi connectivity index (χ4v) is 2.50. The molecule has 1 aromatic carbocycles.